The van der Waals surface area contributed by atoms with Gasteiger partial charge in [-0.25, -0.2) is 0 Å². The maximum absolute atomic E-state index is 13.6. The number of carbonyl (C=O) groups excluding carboxylic acids is 1. The van der Waals surface area contributed by atoms with E-state index < -0.39 is 17.7 Å². The van der Waals surface area contributed by atoms with E-state index in [0.717, 1.165) is 56.5 Å². The van der Waals surface area contributed by atoms with Crippen molar-refractivity contribution in [1.82, 2.24) is 15.0 Å². The number of hydrogen-bond donors (Lipinski definition) is 1. The number of fused-ring (bicyclic) bond motifs is 7. The predicted molar refractivity (Wildman–Crippen MR) is 157 cm³/mol. The molecule has 8 heteroatoms. The topological polar surface area (TPSA) is 111 Å². The number of carbonyl (C=O) groups is 2. The molecule has 3 aromatic rings. The number of allylic oxidation sites excluding steroid dienone is 2. The van der Waals surface area contributed by atoms with Gasteiger partial charge in [-0.2, -0.15) is 11.4 Å². The Labute approximate surface area is 249 Å². The molecule has 5 heterocycles. The normalized spacial score (nSPS) is 25.7. The molecular weight excluding hydrogens is 513 g/mol. The standard InChI is InChI=1S/C32H32N4O3.Mg/c1-8-18-15(5)21-10-20-13(3)14(4)29(35-20)27-28(32(38)39)31(37)26-17(7)23(36-30(26)27)12-25-19(9-2)16(6)22(34-25)11-24(18)33-21;/h8,10-14,28H,1,9H2,2-7H3,(H3,35,36,37,38,39);/q-2;+2/p-2/b20-10-,22-11-,25-12-;/t13-,14-,28+;/m0./s1. The molecule has 200 valence electrons. The number of rotatable bonds is 3. The third-order valence-electron chi connectivity index (χ3n) is 8.78. The summed E-state index contributed by atoms with van der Waals surface area (Å²) in [5, 5.41) is 16.7. The molecular formula is C32H30MgN4O3-2. The van der Waals surface area contributed by atoms with E-state index >= 15 is 0 Å². The summed E-state index contributed by atoms with van der Waals surface area (Å²) in [5.74, 6) is -3.01. The van der Waals surface area contributed by atoms with Crippen LogP contribution in [-0.4, -0.2) is 39.9 Å². The number of Topliss-reactive ketones (excluding diaryl/α,β-unsaturated/α-hetero) is 1. The van der Waals surface area contributed by atoms with Gasteiger partial charge in [-0.1, -0.05) is 79.5 Å². The van der Waals surface area contributed by atoms with Gasteiger partial charge in [0.1, 0.15) is 5.92 Å². The van der Waals surface area contributed by atoms with Gasteiger partial charge in [0.05, 0.1) is 0 Å². The number of nitrogens with zero attached hydrogens (tertiary/aromatic N) is 4. The van der Waals surface area contributed by atoms with Crippen molar-refractivity contribution in [3.8, 4) is 0 Å². The van der Waals surface area contributed by atoms with Crippen molar-refractivity contribution in [2.24, 2.45) is 17.8 Å². The van der Waals surface area contributed by atoms with E-state index in [1.54, 1.807) is 0 Å². The van der Waals surface area contributed by atoms with Crippen LogP contribution in [0, 0.1) is 38.5 Å². The molecule has 3 aliphatic rings. The third kappa shape index (κ3) is 3.83. The molecule has 0 spiro atoms. The van der Waals surface area contributed by atoms with E-state index in [9.17, 15) is 14.7 Å². The van der Waals surface area contributed by atoms with Gasteiger partial charge in [-0.3, -0.25) is 9.59 Å². The van der Waals surface area contributed by atoms with Crippen molar-refractivity contribution in [2.75, 3.05) is 0 Å². The Morgan fingerprint density at radius 1 is 0.950 bits per heavy atom. The number of carboxylic acids is 1. The fraction of sp³-hybridized carbons (Fsp3) is 0.312. The van der Waals surface area contributed by atoms with Crippen LogP contribution in [0.4, 0.5) is 0 Å². The molecule has 0 amide bonds. The molecule has 3 aromatic heterocycles. The van der Waals surface area contributed by atoms with Crippen molar-refractivity contribution < 1.29 is 14.7 Å². The molecule has 3 atom stereocenters. The van der Waals surface area contributed by atoms with E-state index in [0.29, 0.717) is 33.8 Å². The summed E-state index contributed by atoms with van der Waals surface area (Å²) in [4.78, 5) is 40.8. The van der Waals surface area contributed by atoms with Crippen LogP contribution >= 0.6 is 0 Å². The summed E-state index contributed by atoms with van der Waals surface area (Å²) in [5.41, 5.74) is 9.67. The van der Waals surface area contributed by atoms with Crippen LogP contribution in [0.3, 0.4) is 0 Å². The minimum absolute atomic E-state index is 0. The summed E-state index contributed by atoms with van der Waals surface area (Å²) in [6.45, 7) is 16.1. The van der Waals surface area contributed by atoms with Gasteiger partial charge in [0.2, 0.25) is 0 Å². The number of aromatic nitrogens is 3. The number of ketones is 1. The molecule has 40 heavy (non-hydrogen) atoms. The average molecular weight is 543 g/mol. The van der Waals surface area contributed by atoms with Crippen LogP contribution in [0.1, 0.15) is 81.7 Å². The Morgan fingerprint density at radius 2 is 1.62 bits per heavy atom. The van der Waals surface area contributed by atoms with E-state index in [1.807, 2.05) is 45.1 Å². The number of carboxylic acid groups (broad SMARTS) is 1. The minimum atomic E-state index is -1.31. The Bertz CT molecular complexity index is 1810. The molecule has 1 aliphatic carbocycles. The van der Waals surface area contributed by atoms with Gasteiger partial charge >= 0.3 is 29.0 Å². The molecule has 0 saturated carbocycles. The Balaban J connectivity index is 0.00000323. The van der Waals surface area contributed by atoms with Crippen LogP contribution in [0.15, 0.2) is 18.0 Å². The van der Waals surface area contributed by atoms with E-state index in [1.165, 1.54) is 0 Å². The zero-order valence-corrected chi connectivity index (χ0v) is 25.1. The molecule has 2 aliphatic heterocycles. The minimum Gasteiger partial charge on any atom is -0.664 e. The Hall–Kier alpha value is -3.49. The van der Waals surface area contributed by atoms with E-state index in [-0.39, 0.29) is 34.9 Å². The third-order valence-corrected chi connectivity index (χ3v) is 8.78. The van der Waals surface area contributed by atoms with Crippen LogP contribution in [0.2, 0.25) is 0 Å². The summed E-state index contributed by atoms with van der Waals surface area (Å²) in [6.07, 6.45) is 8.51. The molecule has 1 N–H and O–H groups in total. The van der Waals surface area contributed by atoms with Crippen LogP contribution in [0.25, 0.3) is 35.2 Å². The first kappa shape index (κ1) is 28.0. The van der Waals surface area contributed by atoms with Gasteiger partial charge in [0.25, 0.3) is 0 Å². The van der Waals surface area contributed by atoms with Crippen molar-refractivity contribution >= 4 is 64.7 Å². The molecule has 7 nitrogen and oxygen atoms in total. The molecule has 0 radical (unpaired) electrons. The first-order valence-electron chi connectivity index (χ1n) is 13.3. The number of aliphatic carboxylic acids is 1. The summed E-state index contributed by atoms with van der Waals surface area (Å²) >= 11 is 0. The van der Waals surface area contributed by atoms with Crippen molar-refractivity contribution in [2.45, 2.75) is 48.0 Å². The smallest absolute Gasteiger partial charge is 0.664 e. The zero-order chi connectivity index (χ0) is 27.9. The second-order valence-corrected chi connectivity index (χ2v) is 10.8. The van der Waals surface area contributed by atoms with Crippen molar-refractivity contribution in [3.05, 3.63) is 90.1 Å². The average Bonchev–Trinajstić information content (AvgIpc) is 3.62. The van der Waals surface area contributed by atoms with Crippen LogP contribution in [0.5, 0.6) is 0 Å². The van der Waals surface area contributed by atoms with Gasteiger partial charge in [-0.05, 0) is 44.6 Å². The largest absolute Gasteiger partial charge is 2.00 e. The second-order valence-electron chi connectivity index (χ2n) is 10.8. The maximum Gasteiger partial charge on any atom is 2.00 e. The van der Waals surface area contributed by atoms with Crippen molar-refractivity contribution in [1.29, 1.82) is 0 Å². The SMILES string of the molecule is C=Cc1c2[n-]c(c1C)/C=C1\[N-]/C(=C3\c4[n-]c(c(C)c4C(=O)[C@@H]3C(=O)O)/C=c3\[n-]/c(c(C)c3CC)=C\2)[C@@H](C)[C@@H]1C.[Mg+2]. The van der Waals surface area contributed by atoms with E-state index in [2.05, 4.69) is 27.4 Å². The van der Waals surface area contributed by atoms with E-state index in [4.69, 9.17) is 20.3 Å². The fourth-order valence-corrected chi connectivity index (χ4v) is 6.27. The second kappa shape index (κ2) is 9.85. The van der Waals surface area contributed by atoms with Crippen LogP contribution < -0.4 is 25.7 Å². The summed E-state index contributed by atoms with van der Waals surface area (Å²) < 4.78 is 0. The predicted octanol–water partition coefficient (Wildman–Crippen LogP) is 3.59. The van der Waals surface area contributed by atoms with Gasteiger partial charge in [0, 0.05) is 5.56 Å². The summed E-state index contributed by atoms with van der Waals surface area (Å²) in [7, 11) is 0. The number of hydrogen-bond acceptors (Lipinski definition) is 2. The Kier molecular flexibility index (Phi) is 6.91. The molecule has 0 unspecified atom stereocenters. The molecule has 0 aromatic carbocycles. The zero-order valence-electron chi connectivity index (χ0n) is 23.7. The molecule has 1 saturated heterocycles. The fourth-order valence-electron chi connectivity index (χ4n) is 6.27. The molecule has 6 rings (SSSR count). The first-order valence-corrected chi connectivity index (χ1v) is 13.3. The molecule has 1 fully saturated rings. The van der Waals surface area contributed by atoms with Crippen LogP contribution in [-0.2, 0) is 11.2 Å². The van der Waals surface area contributed by atoms with Gasteiger partial charge in [0.15, 0.2) is 5.78 Å². The van der Waals surface area contributed by atoms with Crippen molar-refractivity contribution in [3.63, 3.8) is 0 Å². The maximum atomic E-state index is 13.6. The first-order chi connectivity index (χ1) is 18.6. The molecule has 8 bridgehead atoms. The van der Waals surface area contributed by atoms with Gasteiger partial charge < -0.3 is 25.4 Å². The summed E-state index contributed by atoms with van der Waals surface area (Å²) in [6, 6.07) is 0. The quantitative estimate of drug-likeness (QED) is 0.400. The monoisotopic (exact) mass is 542 g/mol. The van der Waals surface area contributed by atoms with Gasteiger partial charge in [-0.15, -0.1) is 33.5 Å². The Morgan fingerprint density at radius 3 is 2.27 bits per heavy atom.